The highest BCUT2D eigenvalue weighted by atomic mass is 16.6. The molecule has 0 unspecified atom stereocenters. The van der Waals surface area contributed by atoms with Crippen LogP contribution in [0.2, 0.25) is 0 Å². The number of hydrogen-bond donors (Lipinski definition) is 3. The predicted molar refractivity (Wildman–Crippen MR) is 65.5 cm³/mol. The molecule has 1 saturated heterocycles. The fourth-order valence-corrected chi connectivity index (χ4v) is 1.96. The molecule has 0 saturated carbocycles. The Morgan fingerprint density at radius 1 is 1.37 bits per heavy atom. The maximum Gasteiger partial charge on any atom is 0.330 e. The molecule has 3 N–H and O–H groups in total. The van der Waals surface area contributed by atoms with E-state index in [1.807, 2.05) is 0 Å². The van der Waals surface area contributed by atoms with Gasteiger partial charge in [0.1, 0.15) is 17.8 Å². The summed E-state index contributed by atoms with van der Waals surface area (Å²) in [6.45, 7) is 3.14. The van der Waals surface area contributed by atoms with Crippen LogP contribution in [0.5, 0.6) is 0 Å². The molecule has 0 bridgehead atoms. The molecular weight excluding hydrogens is 252 g/mol. The third-order valence-electron chi connectivity index (χ3n) is 2.98. The van der Waals surface area contributed by atoms with Crippen LogP contribution in [0.25, 0.3) is 0 Å². The third kappa shape index (κ3) is 2.33. The number of rotatable bonds is 1. The van der Waals surface area contributed by atoms with Crippen LogP contribution >= 0.6 is 0 Å². The zero-order valence-corrected chi connectivity index (χ0v) is 10.5. The Morgan fingerprint density at radius 2 is 2.05 bits per heavy atom. The number of ether oxygens (including phenoxy) is 1. The summed E-state index contributed by atoms with van der Waals surface area (Å²) >= 11 is 0. The highest BCUT2D eigenvalue weighted by molar-refractivity contribution is 5.28. The molecule has 0 aromatic carbocycles. The van der Waals surface area contributed by atoms with Crippen molar-refractivity contribution in [3.05, 3.63) is 32.6 Å². The van der Waals surface area contributed by atoms with Crippen molar-refractivity contribution in [1.29, 1.82) is 0 Å². The SMILES string of the molecule is CC#Cc1cn([C@@H]2O[C@H](C)[C@@H](O)[C@H]2O)c(=O)[nH]c1=O. The van der Waals surface area contributed by atoms with Crippen molar-refractivity contribution in [2.45, 2.75) is 38.4 Å². The Labute approximate surface area is 108 Å². The van der Waals surface area contributed by atoms with Crippen LogP contribution in [0.15, 0.2) is 15.8 Å². The lowest BCUT2D eigenvalue weighted by Gasteiger charge is -2.17. The lowest BCUT2D eigenvalue weighted by Crippen LogP contribution is -2.38. The number of hydrogen-bond acceptors (Lipinski definition) is 5. The maximum absolute atomic E-state index is 11.7. The molecule has 4 atom stereocenters. The van der Waals surface area contributed by atoms with Gasteiger partial charge in [0.2, 0.25) is 0 Å². The number of aliphatic hydroxyl groups excluding tert-OH is 2. The minimum atomic E-state index is -1.25. The first-order valence-corrected chi connectivity index (χ1v) is 5.75. The van der Waals surface area contributed by atoms with Crippen molar-refractivity contribution in [2.75, 3.05) is 0 Å². The number of aliphatic hydroxyl groups is 2. The van der Waals surface area contributed by atoms with E-state index >= 15 is 0 Å². The van der Waals surface area contributed by atoms with E-state index < -0.39 is 35.8 Å². The summed E-state index contributed by atoms with van der Waals surface area (Å²) in [4.78, 5) is 25.3. The maximum atomic E-state index is 11.7. The minimum absolute atomic E-state index is 0.0898. The Kier molecular flexibility index (Phi) is 3.57. The summed E-state index contributed by atoms with van der Waals surface area (Å²) in [6.07, 6.45) is -2.78. The van der Waals surface area contributed by atoms with E-state index in [4.69, 9.17) is 4.74 Å². The molecule has 1 aliphatic rings. The second kappa shape index (κ2) is 5.01. The standard InChI is InChI=1S/C12H14N2O5/c1-3-4-7-5-14(12(18)13-10(7)17)11-9(16)8(15)6(2)19-11/h5-6,8-9,11,15-16H,1-2H3,(H,13,17,18)/t6-,8-,9-,11-/m1/s1. The van der Waals surface area contributed by atoms with Crippen molar-refractivity contribution in [3.8, 4) is 11.8 Å². The summed E-state index contributed by atoms with van der Waals surface area (Å²) in [7, 11) is 0. The lowest BCUT2D eigenvalue weighted by atomic mass is 10.1. The average molecular weight is 266 g/mol. The van der Waals surface area contributed by atoms with Crippen molar-refractivity contribution in [2.24, 2.45) is 0 Å². The van der Waals surface area contributed by atoms with Gasteiger partial charge in [-0.05, 0) is 13.8 Å². The van der Waals surface area contributed by atoms with E-state index in [1.54, 1.807) is 13.8 Å². The van der Waals surface area contributed by atoms with Crippen LogP contribution in [0.4, 0.5) is 0 Å². The molecule has 1 aliphatic heterocycles. The van der Waals surface area contributed by atoms with Crippen LogP contribution in [-0.4, -0.2) is 38.1 Å². The third-order valence-corrected chi connectivity index (χ3v) is 2.98. The molecule has 2 rings (SSSR count). The van der Waals surface area contributed by atoms with Crippen LogP contribution in [0.1, 0.15) is 25.6 Å². The Bertz CT molecular complexity index is 651. The molecule has 1 aromatic heterocycles. The number of nitrogens with one attached hydrogen (secondary N) is 1. The summed E-state index contributed by atoms with van der Waals surface area (Å²) in [6, 6.07) is 0. The first-order chi connectivity index (χ1) is 8.95. The lowest BCUT2D eigenvalue weighted by molar-refractivity contribution is -0.0351. The minimum Gasteiger partial charge on any atom is -0.388 e. The van der Waals surface area contributed by atoms with Crippen molar-refractivity contribution < 1.29 is 14.9 Å². The molecule has 102 valence electrons. The number of aromatic nitrogens is 2. The van der Waals surface area contributed by atoms with Gasteiger partial charge in [0.05, 0.1) is 6.10 Å². The quantitative estimate of drug-likeness (QED) is 0.539. The molecule has 0 radical (unpaired) electrons. The zero-order valence-electron chi connectivity index (χ0n) is 10.5. The van der Waals surface area contributed by atoms with Crippen molar-refractivity contribution in [1.82, 2.24) is 9.55 Å². The molecule has 7 nitrogen and oxygen atoms in total. The summed E-state index contributed by atoms with van der Waals surface area (Å²) in [5.41, 5.74) is -1.24. The van der Waals surface area contributed by atoms with Crippen molar-refractivity contribution >= 4 is 0 Å². The van der Waals surface area contributed by atoms with E-state index in [0.29, 0.717) is 0 Å². The molecule has 0 spiro atoms. The smallest absolute Gasteiger partial charge is 0.330 e. The highest BCUT2D eigenvalue weighted by Crippen LogP contribution is 2.27. The summed E-state index contributed by atoms with van der Waals surface area (Å²) in [5, 5.41) is 19.5. The first-order valence-electron chi connectivity index (χ1n) is 5.75. The fraction of sp³-hybridized carbons (Fsp3) is 0.500. The fourth-order valence-electron chi connectivity index (χ4n) is 1.96. The Balaban J connectivity index is 2.51. The number of aromatic amines is 1. The molecule has 2 heterocycles. The van der Waals surface area contributed by atoms with Gasteiger partial charge >= 0.3 is 5.69 Å². The molecular formula is C12H14N2O5. The average Bonchev–Trinajstić information content (AvgIpc) is 2.61. The molecule has 1 aromatic rings. The second-order valence-electron chi connectivity index (χ2n) is 4.30. The van der Waals surface area contributed by atoms with E-state index in [9.17, 15) is 19.8 Å². The van der Waals surface area contributed by atoms with Gasteiger partial charge in [-0.15, -0.1) is 5.92 Å². The van der Waals surface area contributed by atoms with Crippen LogP contribution in [-0.2, 0) is 4.74 Å². The van der Waals surface area contributed by atoms with Crippen LogP contribution in [0, 0.1) is 11.8 Å². The van der Waals surface area contributed by atoms with E-state index in [0.717, 1.165) is 4.57 Å². The highest BCUT2D eigenvalue weighted by Gasteiger charge is 2.41. The summed E-state index contributed by atoms with van der Waals surface area (Å²) < 4.78 is 6.34. The van der Waals surface area contributed by atoms with E-state index in [2.05, 4.69) is 16.8 Å². The van der Waals surface area contributed by atoms with Gasteiger partial charge in [-0.2, -0.15) is 0 Å². The van der Waals surface area contributed by atoms with Crippen LogP contribution < -0.4 is 11.2 Å². The van der Waals surface area contributed by atoms with Gasteiger partial charge in [-0.1, -0.05) is 5.92 Å². The zero-order chi connectivity index (χ0) is 14.2. The van der Waals surface area contributed by atoms with E-state index in [1.165, 1.54) is 6.20 Å². The van der Waals surface area contributed by atoms with Gasteiger partial charge in [-0.3, -0.25) is 14.3 Å². The monoisotopic (exact) mass is 266 g/mol. The first kappa shape index (κ1) is 13.5. The second-order valence-corrected chi connectivity index (χ2v) is 4.30. The van der Waals surface area contributed by atoms with Crippen molar-refractivity contribution in [3.63, 3.8) is 0 Å². The van der Waals surface area contributed by atoms with Gasteiger partial charge in [0.25, 0.3) is 5.56 Å². The van der Waals surface area contributed by atoms with Gasteiger partial charge in [-0.25, -0.2) is 4.79 Å². The Morgan fingerprint density at radius 3 is 2.58 bits per heavy atom. The number of nitrogens with zero attached hydrogens (tertiary/aromatic N) is 1. The molecule has 19 heavy (non-hydrogen) atoms. The van der Waals surface area contributed by atoms with Gasteiger partial charge in [0, 0.05) is 6.20 Å². The normalized spacial score (nSPS) is 29.9. The molecule has 1 fully saturated rings. The molecule has 0 aliphatic carbocycles. The molecule has 0 amide bonds. The van der Waals surface area contributed by atoms with Crippen LogP contribution in [0.3, 0.4) is 0 Å². The Hall–Kier alpha value is -1.88. The number of H-pyrrole nitrogens is 1. The summed E-state index contributed by atoms with van der Waals surface area (Å²) in [5.74, 6) is 5.10. The van der Waals surface area contributed by atoms with E-state index in [-0.39, 0.29) is 5.56 Å². The predicted octanol–water partition coefficient (Wildman–Crippen LogP) is -1.45. The molecule has 7 heteroatoms. The largest absolute Gasteiger partial charge is 0.388 e. The van der Waals surface area contributed by atoms with Gasteiger partial charge in [0.15, 0.2) is 6.23 Å². The van der Waals surface area contributed by atoms with Gasteiger partial charge < -0.3 is 14.9 Å². The topological polar surface area (TPSA) is 105 Å².